The molecule has 0 aliphatic rings. The monoisotopic (exact) mass is 410 g/mol. The quantitative estimate of drug-likeness (QED) is 0.515. The van der Waals surface area contributed by atoms with Crippen LogP contribution in [0.15, 0.2) is 30.5 Å². The van der Waals surface area contributed by atoms with Crippen molar-refractivity contribution in [3.05, 3.63) is 47.0 Å². The van der Waals surface area contributed by atoms with Gasteiger partial charge >= 0.3 is 6.09 Å². The van der Waals surface area contributed by atoms with Crippen LogP contribution in [-0.4, -0.2) is 21.5 Å². The summed E-state index contributed by atoms with van der Waals surface area (Å²) in [4.78, 5) is 15.6. The van der Waals surface area contributed by atoms with Gasteiger partial charge in [-0.2, -0.15) is 0 Å². The molecule has 0 saturated carbocycles. The Balaban J connectivity index is 2.25. The molecule has 0 radical (unpaired) electrons. The van der Waals surface area contributed by atoms with E-state index in [1.54, 1.807) is 19.1 Å². The number of rotatable bonds is 3. The minimum atomic E-state index is -1.75. The van der Waals surface area contributed by atoms with Crippen molar-refractivity contribution in [2.45, 2.75) is 10.7 Å². The highest BCUT2D eigenvalue weighted by Crippen LogP contribution is 2.30. The second-order valence-corrected chi connectivity index (χ2v) is 7.73. The van der Waals surface area contributed by atoms with Gasteiger partial charge in [-0.15, -0.1) is 0 Å². The summed E-state index contributed by atoms with van der Waals surface area (Å²) >= 11 is 22.3. The van der Waals surface area contributed by atoms with Gasteiger partial charge in [0.25, 0.3) is 0 Å². The molecule has 0 saturated heterocycles. The number of nitrogens with zero attached hydrogens (tertiary/aromatic N) is 1. The summed E-state index contributed by atoms with van der Waals surface area (Å²) in [5.74, 6) is -0.623. The molecule has 4 nitrogen and oxygen atoms in total. The van der Waals surface area contributed by atoms with Crippen LogP contribution in [0, 0.1) is 12.7 Å². The van der Waals surface area contributed by atoms with E-state index in [2.05, 4.69) is 10.3 Å². The first-order valence-electron chi connectivity index (χ1n) is 6.58. The van der Waals surface area contributed by atoms with Gasteiger partial charge in [-0.1, -0.05) is 46.4 Å². The van der Waals surface area contributed by atoms with Crippen LogP contribution < -0.4 is 5.32 Å². The van der Waals surface area contributed by atoms with Crippen LogP contribution in [0.25, 0.3) is 11.1 Å². The molecule has 0 aliphatic heterocycles. The molecule has 0 spiro atoms. The molecule has 0 aliphatic carbocycles. The van der Waals surface area contributed by atoms with Crippen LogP contribution in [0.5, 0.6) is 0 Å². The van der Waals surface area contributed by atoms with E-state index in [0.717, 1.165) is 5.56 Å². The fourth-order valence-corrected chi connectivity index (χ4v) is 2.28. The van der Waals surface area contributed by atoms with Crippen molar-refractivity contribution in [2.24, 2.45) is 0 Å². The number of ether oxygens (including phenoxy) is 1. The van der Waals surface area contributed by atoms with Gasteiger partial charge in [-0.25, -0.2) is 14.2 Å². The van der Waals surface area contributed by atoms with Gasteiger partial charge in [-0.05, 0) is 47.9 Å². The first kappa shape index (κ1) is 19.1. The molecule has 1 aromatic heterocycles. The third kappa shape index (κ3) is 5.38. The molecule has 2 aromatic rings. The molecular weight excluding hydrogens is 401 g/mol. The molecule has 1 heterocycles. The summed E-state index contributed by atoms with van der Waals surface area (Å²) in [6.45, 7) is 1.27. The Morgan fingerprint density at radius 2 is 2.04 bits per heavy atom. The maximum Gasteiger partial charge on any atom is 0.411 e. The van der Waals surface area contributed by atoms with Crippen molar-refractivity contribution in [3.63, 3.8) is 0 Å². The number of carbonyl (C=O) groups excluding carboxylic acids is 1. The first-order chi connectivity index (χ1) is 11.2. The van der Waals surface area contributed by atoms with Crippen LogP contribution in [0.2, 0.25) is 5.15 Å². The fraction of sp³-hybridized carbons (Fsp3) is 0.200. The summed E-state index contributed by atoms with van der Waals surface area (Å²) in [7, 11) is 0. The predicted molar refractivity (Wildman–Crippen MR) is 94.6 cm³/mol. The normalized spacial score (nSPS) is 11.2. The van der Waals surface area contributed by atoms with Crippen LogP contribution in [0.3, 0.4) is 0 Å². The highest BCUT2D eigenvalue weighted by atomic mass is 35.6. The second kappa shape index (κ2) is 7.74. The number of benzene rings is 1. The SMILES string of the molecule is Cc1cc(F)c(NC(=O)OCC(Cl)(Cl)Cl)cc1-c1ccnc(Cl)c1. The maximum atomic E-state index is 14.1. The Bertz CT molecular complexity index is 766. The standard InChI is InChI=1S/C15H11Cl4FN2O2/c1-8-4-11(20)12(22-14(23)24-7-15(17,18)19)6-10(8)9-2-3-21-13(16)5-9/h2-6H,7H2,1H3,(H,22,23). The van der Waals surface area contributed by atoms with Gasteiger partial charge in [0.2, 0.25) is 3.79 Å². The largest absolute Gasteiger partial charge is 0.445 e. The first-order valence-corrected chi connectivity index (χ1v) is 8.09. The average Bonchev–Trinajstić information content (AvgIpc) is 2.47. The van der Waals surface area contributed by atoms with Gasteiger partial charge in [0, 0.05) is 6.20 Å². The average molecular weight is 412 g/mol. The Hall–Kier alpha value is -1.27. The van der Waals surface area contributed by atoms with Gasteiger partial charge in [-0.3, -0.25) is 5.32 Å². The van der Waals surface area contributed by atoms with Crippen molar-refractivity contribution >= 4 is 58.2 Å². The number of aryl methyl sites for hydroxylation is 1. The van der Waals surface area contributed by atoms with E-state index < -0.39 is 22.3 Å². The molecule has 9 heteroatoms. The molecule has 0 bridgehead atoms. The summed E-state index contributed by atoms with van der Waals surface area (Å²) in [6, 6.07) is 6.10. The summed E-state index contributed by atoms with van der Waals surface area (Å²) in [5, 5.41) is 2.57. The molecule has 1 amide bonds. The molecule has 1 aromatic carbocycles. The molecular formula is C15H11Cl4FN2O2. The van der Waals surface area contributed by atoms with E-state index in [4.69, 9.17) is 51.1 Å². The number of hydrogen-bond donors (Lipinski definition) is 1. The minimum Gasteiger partial charge on any atom is -0.445 e. The number of aromatic nitrogens is 1. The molecule has 24 heavy (non-hydrogen) atoms. The Morgan fingerprint density at radius 3 is 2.67 bits per heavy atom. The topological polar surface area (TPSA) is 51.2 Å². The molecule has 128 valence electrons. The zero-order valence-electron chi connectivity index (χ0n) is 12.2. The third-order valence-corrected chi connectivity index (χ3v) is 3.49. The highest BCUT2D eigenvalue weighted by molar-refractivity contribution is 6.67. The van der Waals surface area contributed by atoms with Crippen molar-refractivity contribution in [1.29, 1.82) is 0 Å². The minimum absolute atomic E-state index is 0.0714. The number of carbonyl (C=O) groups is 1. The van der Waals surface area contributed by atoms with Gasteiger partial charge < -0.3 is 4.74 Å². The van der Waals surface area contributed by atoms with E-state index in [1.807, 2.05) is 0 Å². The number of nitrogens with one attached hydrogen (secondary N) is 1. The highest BCUT2D eigenvalue weighted by Gasteiger charge is 2.22. The van der Waals surface area contributed by atoms with Crippen LogP contribution in [-0.2, 0) is 4.74 Å². The van der Waals surface area contributed by atoms with E-state index >= 15 is 0 Å². The van der Waals surface area contributed by atoms with Crippen molar-refractivity contribution in [1.82, 2.24) is 4.98 Å². The predicted octanol–water partition coefficient (Wildman–Crippen LogP) is 5.77. The maximum absolute atomic E-state index is 14.1. The molecule has 0 atom stereocenters. The zero-order valence-corrected chi connectivity index (χ0v) is 15.3. The number of anilines is 1. The molecule has 0 fully saturated rings. The number of hydrogen-bond acceptors (Lipinski definition) is 3. The van der Waals surface area contributed by atoms with Crippen molar-refractivity contribution < 1.29 is 13.9 Å². The number of amides is 1. The van der Waals surface area contributed by atoms with Crippen molar-refractivity contribution in [3.8, 4) is 11.1 Å². The van der Waals surface area contributed by atoms with Crippen LogP contribution in [0.1, 0.15) is 5.56 Å². The Kier molecular flexibility index (Phi) is 6.15. The molecule has 0 unspecified atom stereocenters. The van der Waals surface area contributed by atoms with Crippen molar-refractivity contribution in [2.75, 3.05) is 11.9 Å². The Morgan fingerprint density at radius 1 is 1.33 bits per heavy atom. The van der Waals surface area contributed by atoms with E-state index in [0.29, 0.717) is 16.3 Å². The Labute approximate surface area is 157 Å². The second-order valence-electron chi connectivity index (χ2n) is 4.83. The van der Waals surface area contributed by atoms with E-state index in [1.165, 1.54) is 18.3 Å². The van der Waals surface area contributed by atoms with Gasteiger partial charge in [0.1, 0.15) is 17.6 Å². The number of alkyl halides is 3. The zero-order chi connectivity index (χ0) is 17.9. The summed E-state index contributed by atoms with van der Waals surface area (Å²) in [6.07, 6.45) is 0.589. The summed E-state index contributed by atoms with van der Waals surface area (Å²) in [5.41, 5.74) is 2.00. The fourth-order valence-electron chi connectivity index (χ4n) is 1.94. The lowest BCUT2D eigenvalue weighted by atomic mass is 10.0. The third-order valence-electron chi connectivity index (χ3n) is 2.96. The van der Waals surface area contributed by atoms with Gasteiger partial charge in [0.15, 0.2) is 0 Å². The smallest absolute Gasteiger partial charge is 0.411 e. The number of pyridine rings is 1. The van der Waals surface area contributed by atoms with Gasteiger partial charge in [0.05, 0.1) is 5.69 Å². The van der Waals surface area contributed by atoms with Crippen LogP contribution >= 0.6 is 46.4 Å². The lowest BCUT2D eigenvalue weighted by Crippen LogP contribution is -2.21. The number of halogens is 5. The lowest BCUT2D eigenvalue weighted by molar-refractivity contribution is 0.164. The van der Waals surface area contributed by atoms with Crippen LogP contribution in [0.4, 0.5) is 14.9 Å². The lowest BCUT2D eigenvalue weighted by Gasteiger charge is -2.14. The van der Waals surface area contributed by atoms with E-state index in [-0.39, 0.29) is 5.69 Å². The summed E-state index contributed by atoms with van der Waals surface area (Å²) < 4.78 is 17.0. The van der Waals surface area contributed by atoms with E-state index in [9.17, 15) is 9.18 Å². The molecule has 2 rings (SSSR count). The molecule has 1 N–H and O–H groups in total.